The van der Waals surface area contributed by atoms with Gasteiger partial charge in [0.25, 0.3) is 17.7 Å². The number of hydrogen-bond donors (Lipinski definition) is 0. The Morgan fingerprint density at radius 2 is 1.66 bits per heavy atom. The third kappa shape index (κ3) is 4.59. The van der Waals surface area contributed by atoms with Gasteiger partial charge in [-0.15, -0.1) is 0 Å². The van der Waals surface area contributed by atoms with E-state index in [1.807, 2.05) is 19.1 Å². The van der Waals surface area contributed by atoms with Gasteiger partial charge in [-0.25, -0.2) is 0 Å². The zero-order valence-electron chi connectivity index (χ0n) is 17.3. The van der Waals surface area contributed by atoms with Gasteiger partial charge in [0.2, 0.25) is 5.82 Å². The van der Waals surface area contributed by atoms with E-state index in [0.717, 1.165) is 11.9 Å². The molecule has 0 aliphatic carbocycles. The van der Waals surface area contributed by atoms with Crippen molar-refractivity contribution in [2.24, 2.45) is 10.3 Å². The number of aryl methyl sites for hydroxylation is 1. The Balaban J connectivity index is 1.66. The van der Waals surface area contributed by atoms with E-state index in [-0.39, 0.29) is 29.1 Å². The molecule has 0 saturated heterocycles. The van der Waals surface area contributed by atoms with E-state index < -0.39 is 5.82 Å². The fourth-order valence-corrected chi connectivity index (χ4v) is 2.82. The van der Waals surface area contributed by atoms with Crippen LogP contribution in [-0.2, 0) is 14.4 Å². The second-order valence-corrected chi connectivity index (χ2v) is 6.46. The molecule has 0 atom stereocenters. The third-order valence-electron chi connectivity index (χ3n) is 4.32. The summed E-state index contributed by atoms with van der Waals surface area (Å²) in [4.78, 5) is 17.8. The van der Waals surface area contributed by atoms with Crippen molar-refractivity contribution in [1.29, 1.82) is 0 Å². The maximum Gasteiger partial charge on any atom is 0.280 e. The molecule has 4 rings (SSSR count). The molecule has 0 saturated carbocycles. The molecule has 1 aromatic heterocycles. The van der Waals surface area contributed by atoms with E-state index in [1.165, 1.54) is 7.11 Å². The highest BCUT2D eigenvalue weighted by Gasteiger charge is 2.24. The first-order chi connectivity index (χ1) is 15.7. The fraction of sp³-hybridized carbons (Fsp3) is 0.182. The lowest BCUT2D eigenvalue weighted by atomic mass is 10.1. The van der Waals surface area contributed by atoms with E-state index in [2.05, 4.69) is 20.3 Å². The number of oxime groups is 2. The van der Waals surface area contributed by atoms with E-state index in [1.54, 1.807) is 36.4 Å². The summed E-state index contributed by atoms with van der Waals surface area (Å²) in [7, 11) is 1.38. The van der Waals surface area contributed by atoms with Crippen LogP contribution in [-0.4, -0.2) is 41.9 Å². The minimum absolute atomic E-state index is 0.112. The van der Waals surface area contributed by atoms with Crippen molar-refractivity contribution in [3.63, 3.8) is 0 Å². The van der Waals surface area contributed by atoms with Crippen molar-refractivity contribution in [1.82, 2.24) is 9.97 Å². The average molecular weight is 438 g/mol. The largest absolute Gasteiger partial charge is 0.470 e. The molecule has 0 amide bonds. The normalized spacial score (nSPS) is 13.5. The fourth-order valence-electron chi connectivity index (χ4n) is 2.82. The van der Waals surface area contributed by atoms with Gasteiger partial charge in [-0.2, -0.15) is 14.4 Å². The highest BCUT2D eigenvalue weighted by molar-refractivity contribution is 6.45. The molecule has 0 radical (unpaired) electrons. The first-order valence-electron chi connectivity index (χ1n) is 9.63. The quantitative estimate of drug-likeness (QED) is 0.402. The summed E-state index contributed by atoms with van der Waals surface area (Å²) in [6, 6.07) is 14.0. The zero-order chi connectivity index (χ0) is 22.3. The summed E-state index contributed by atoms with van der Waals surface area (Å²) in [5.74, 6) is -0.624. The predicted molar refractivity (Wildman–Crippen MR) is 113 cm³/mol. The van der Waals surface area contributed by atoms with Crippen LogP contribution in [0.2, 0.25) is 0 Å². The SMILES string of the molecule is CON=C(C1=NOCCO1)c1ccccc1Oc1ncnc(Oc2ccccc2C)c1F. The molecule has 1 aliphatic heterocycles. The van der Waals surface area contributed by atoms with Gasteiger partial charge < -0.3 is 23.9 Å². The van der Waals surface area contributed by atoms with Gasteiger partial charge in [-0.1, -0.05) is 35.5 Å². The Kier molecular flexibility index (Phi) is 6.40. The molecule has 0 bridgehead atoms. The minimum Gasteiger partial charge on any atom is -0.470 e. The smallest absolute Gasteiger partial charge is 0.280 e. The number of rotatable bonds is 7. The first kappa shape index (κ1) is 21.0. The maximum absolute atomic E-state index is 15.1. The van der Waals surface area contributed by atoms with Crippen LogP contribution in [0.3, 0.4) is 0 Å². The zero-order valence-corrected chi connectivity index (χ0v) is 17.3. The van der Waals surface area contributed by atoms with Gasteiger partial charge in [-0.3, -0.25) is 0 Å². The monoisotopic (exact) mass is 438 g/mol. The van der Waals surface area contributed by atoms with Gasteiger partial charge in [0, 0.05) is 0 Å². The number of nitrogens with zero attached hydrogens (tertiary/aromatic N) is 4. The van der Waals surface area contributed by atoms with Crippen LogP contribution in [0.5, 0.6) is 23.3 Å². The van der Waals surface area contributed by atoms with E-state index >= 15 is 4.39 Å². The number of aromatic nitrogens is 2. The van der Waals surface area contributed by atoms with Crippen molar-refractivity contribution >= 4 is 11.6 Å². The summed E-state index contributed by atoms with van der Waals surface area (Å²) in [6.45, 7) is 2.46. The number of benzene rings is 2. The van der Waals surface area contributed by atoms with Gasteiger partial charge in [0.15, 0.2) is 12.3 Å². The molecule has 0 N–H and O–H groups in total. The Bertz CT molecular complexity index is 1170. The topological polar surface area (TPSA) is 96.7 Å². The van der Waals surface area contributed by atoms with Crippen LogP contribution in [0.25, 0.3) is 0 Å². The maximum atomic E-state index is 15.1. The summed E-state index contributed by atoms with van der Waals surface area (Å²) < 4.78 is 32.0. The molecule has 2 heterocycles. The molecule has 0 spiro atoms. The van der Waals surface area contributed by atoms with Crippen molar-refractivity contribution in [3.8, 4) is 23.3 Å². The van der Waals surface area contributed by atoms with Crippen LogP contribution in [0.1, 0.15) is 11.1 Å². The predicted octanol–water partition coefficient (Wildman–Crippen LogP) is 4.22. The van der Waals surface area contributed by atoms with E-state index in [0.29, 0.717) is 24.5 Å². The molecule has 0 fully saturated rings. The van der Waals surface area contributed by atoms with E-state index in [4.69, 9.17) is 23.9 Å². The first-order valence-corrected chi connectivity index (χ1v) is 9.63. The average Bonchev–Trinajstić information content (AvgIpc) is 2.82. The second kappa shape index (κ2) is 9.73. The molecule has 1 aliphatic rings. The van der Waals surface area contributed by atoms with Gasteiger partial charge in [-0.05, 0) is 35.8 Å². The molecule has 164 valence electrons. The van der Waals surface area contributed by atoms with Crippen LogP contribution < -0.4 is 9.47 Å². The Labute approximate surface area is 183 Å². The van der Waals surface area contributed by atoms with Crippen LogP contribution in [0, 0.1) is 12.7 Å². The number of para-hydroxylation sites is 2. The van der Waals surface area contributed by atoms with Gasteiger partial charge in [0.1, 0.15) is 31.5 Å². The lowest BCUT2D eigenvalue weighted by Crippen LogP contribution is -2.25. The van der Waals surface area contributed by atoms with Crippen LogP contribution in [0.4, 0.5) is 4.39 Å². The Morgan fingerprint density at radius 3 is 2.34 bits per heavy atom. The molecular weight excluding hydrogens is 419 g/mol. The molecule has 3 aromatic rings. The van der Waals surface area contributed by atoms with Gasteiger partial charge in [0.05, 0.1) is 5.56 Å². The molecule has 32 heavy (non-hydrogen) atoms. The summed E-state index contributed by atoms with van der Waals surface area (Å²) >= 11 is 0. The lowest BCUT2D eigenvalue weighted by molar-refractivity contribution is 0.0672. The summed E-state index contributed by atoms with van der Waals surface area (Å²) in [5, 5.41) is 7.84. The lowest BCUT2D eigenvalue weighted by Gasteiger charge is -2.17. The summed E-state index contributed by atoms with van der Waals surface area (Å²) in [5.41, 5.74) is 1.47. The highest BCUT2D eigenvalue weighted by atomic mass is 19.1. The molecule has 9 nitrogen and oxygen atoms in total. The van der Waals surface area contributed by atoms with Crippen LogP contribution in [0.15, 0.2) is 65.2 Å². The second-order valence-electron chi connectivity index (χ2n) is 6.46. The highest BCUT2D eigenvalue weighted by Crippen LogP contribution is 2.32. The number of ether oxygens (including phenoxy) is 3. The third-order valence-corrected chi connectivity index (χ3v) is 4.32. The van der Waals surface area contributed by atoms with Crippen molar-refractivity contribution in [3.05, 3.63) is 71.8 Å². The summed E-state index contributed by atoms with van der Waals surface area (Å²) in [6.07, 6.45) is 1.15. The molecule has 0 unspecified atom stereocenters. The molecule has 2 aromatic carbocycles. The van der Waals surface area contributed by atoms with Crippen LogP contribution >= 0.6 is 0 Å². The molecule has 10 heteroatoms. The number of hydrogen-bond acceptors (Lipinski definition) is 9. The standard InChI is InChI=1S/C22H19FN4O5/c1-14-7-3-5-9-16(14)31-20-18(23)21(25-13-24-20)32-17-10-6-4-8-15(17)19(26-28-2)22-27-30-12-11-29-22/h3-10,13H,11-12H2,1-2H3. The Hall–Kier alpha value is -4.21. The van der Waals surface area contributed by atoms with E-state index in [9.17, 15) is 0 Å². The van der Waals surface area contributed by atoms with Crippen molar-refractivity contribution in [2.75, 3.05) is 20.3 Å². The Morgan fingerprint density at radius 1 is 0.969 bits per heavy atom. The molecular formula is C22H19FN4O5. The van der Waals surface area contributed by atoms with Gasteiger partial charge >= 0.3 is 0 Å². The van der Waals surface area contributed by atoms with Crippen molar-refractivity contribution in [2.45, 2.75) is 6.92 Å². The number of halogens is 1. The van der Waals surface area contributed by atoms with Crippen molar-refractivity contribution < 1.29 is 28.3 Å². The minimum atomic E-state index is -0.856.